The summed E-state index contributed by atoms with van der Waals surface area (Å²) < 4.78 is 5.44. The number of nitrogens with zero attached hydrogens (tertiary/aromatic N) is 2. The van der Waals surface area contributed by atoms with Crippen LogP contribution in [-0.4, -0.2) is 82.2 Å². The number of aliphatic hydroxyl groups is 1. The van der Waals surface area contributed by atoms with Crippen molar-refractivity contribution in [2.75, 3.05) is 26.7 Å². The first-order chi connectivity index (χ1) is 21.8. The van der Waals surface area contributed by atoms with Crippen molar-refractivity contribution in [1.29, 1.82) is 0 Å². The van der Waals surface area contributed by atoms with E-state index in [1.54, 1.807) is 25.3 Å². The molecule has 3 aliphatic rings. The number of hydrogen-bond donors (Lipinski definition) is 3. The normalized spacial score (nSPS) is 21.8. The van der Waals surface area contributed by atoms with Gasteiger partial charge in [0.05, 0.1) is 18.8 Å². The quantitative estimate of drug-likeness (QED) is 0.310. The van der Waals surface area contributed by atoms with E-state index in [2.05, 4.69) is 41.4 Å². The van der Waals surface area contributed by atoms with E-state index in [1.807, 2.05) is 4.90 Å². The smallest absolute Gasteiger partial charge is 0.335 e. The fraction of sp³-hybridized carbons (Fsp3) is 0.583. The molecule has 2 saturated heterocycles. The van der Waals surface area contributed by atoms with Crippen molar-refractivity contribution in [1.82, 2.24) is 15.1 Å². The maximum atomic E-state index is 13.9. The van der Waals surface area contributed by atoms with Crippen LogP contribution in [-0.2, 0) is 22.6 Å². The third-order valence-electron chi connectivity index (χ3n) is 10.3. The van der Waals surface area contributed by atoms with E-state index in [1.165, 1.54) is 18.4 Å². The second-order valence-electron chi connectivity index (χ2n) is 13.2. The number of methoxy groups -OCH3 is 1. The summed E-state index contributed by atoms with van der Waals surface area (Å²) in [6, 6.07) is 12.5. The Morgan fingerprint density at radius 2 is 1.69 bits per heavy atom. The van der Waals surface area contributed by atoms with Crippen molar-refractivity contribution in [3.8, 4) is 5.75 Å². The molecule has 1 spiro atoms. The predicted octanol–water partition coefficient (Wildman–Crippen LogP) is 4.78. The number of ether oxygens (including phenoxy) is 1. The Kier molecular flexibility index (Phi) is 10.8. The van der Waals surface area contributed by atoms with Gasteiger partial charge in [-0.2, -0.15) is 0 Å². The molecule has 2 aliphatic heterocycles. The van der Waals surface area contributed by atoms with Gasteiger partial charge in [-0.1, -0.05) is 69.4 Å². The lowest BCUT2D eigenvalue weighted by Gasteiger charge is -2.52. The highest BCUT2D eigenvalue weighted by molar-refractivity contribution is 6.00. The number of carboxylic acids is 1. The molecule has 0 aromatic heterocycles. The first-order valence-corrected chi connectivity index (χ1v) is 16.8. The number of carboxylic acid groups (broad SMARTS) is 1. The minimum Gasteiger partial charge on any atom is -0.496 e. The van der Waals surface area contributed by atoms with Crippen LogP contribution in [0.25, 0.3) is 0 Å². The molecule has 0 radical (unpaired) electrons. The average Bonchev–Trinajstić information content (AvgIpc) is 3.34. The van der Waals surface area contributed by atoms with Gasteiger partial charge in [0, 0.05) is 32.6 Å². The lowest BCUT2D eigenvalue weighted by atomic mass is 9.79. The highest BCUT2D eigenvalue weighted by Crippen LogP contribution is 2.36. The van der Waals surface area contributed by atoms with Gasteiger partial charge in [-0.25, -0.2) is 4.79 Å². The fourth-order valence-electron chi connectivity index (χ4n) is 7.48. The Morgan fingerprint density at radius 3 is 2.31 bits per heavy atom. The van der Waals surface area contributed by atoms with Crippen molar-refractivity contribution < 1.29 is 29.3 Å². The van der Waals surface area contributed by atoms with E-state index in [-0.39, 0.29) is 23.3 Å². The summed E-state index contributed by atoms with van der Waals surface area (Å²) in [5.41, 5.74) is 2.53. The SMILES string of the molecule is CCCCN1C(=O)[C@@H]([C@H](O)C2CCCCCC2)NC(=O)C12CCN(Cc1ccc(Cc3ccc(C(=O)O)cc3OC)cc1)CC2. The second-order valence-corrected chi connectivity index (χ2v) is 13.2. The van der Waals surface area contributed by atoms with Gasteiger partial charge in [0.1, 0.15) is 17.3 Å². The molecule has 0 unspecified atom stereocenters. The van der Waals surface area contributed by atoms with Gasteiger partial charge in [0.15, 0.2) is 0 Å². The van der Waals surface area contributed by atoms with E-state index in [0.29, 0.717) is 44.6 Å². The number of aliphatic hydroxyl groups excluding tert-OH is 1. The van der Waals surface area contributed by atoms with E-state index >= 15 is 0 Å². The highest BCUT2D eigenvalue weighted by Gasteiger charge is 2.55. The monoisotopic (exact) mass is 619 g/mol. The largest absolute Gasteiger partial charge is 0.496 e. The first-order valence-electron chi connectivity index (χ1n) is 16.8. The van der Waals surface area contributed by atoms with Gasteiger partial charge in [-0.05, 0) is 66.8 Å². The maximum Gasteiger partial charge on any atom is 0.335 e. The minimum atomic E-state index is -0.981. The third kappa shape index (κ3) is 7.36. The number of unbranched alkanes of at least 4 members (excludes halogenated alkanes) is 1. The van der Waals surface area contributed by atoms with E-state index in [0.717, 1.165) is 56.2 Å². The molecule has 5 rings (SSSR count). The minimum absolute atomic E-state index is 0.0524. The second kappa shape index (κ2) is 14.8. The molecule has 9 nitrogen and oxygen atoms in total. The number of hydrogen-bond acceptors (Lipinski definition) is 6. The molecule has 3 N–H and O–H groups in total. The van der Waals surface area contributed by atoms with Crippen molar-refractivity contribution in [2.45, 2.75) is 102 Å². The van der Waals surface area contributed by atoms with Crippen LogP contribution in [0, 0.1) is 5.92 Å². The number of rotatable bonds is 11. The van der Waals surface area contributed by atoms with Crippen molar-refractivity contribution in [2.24, 2.45) is 5.92 Å². The van der Waals surface area contributed by atoms with Crippen LogP contribution < -0.4 is 10.1 Å². The standard InChI is InChI=1S/C36H49N3O6/c1-3-4-19-39-33(41)31(32(40)27-9-7-5-6-8-10-27)37-35(44)36(39)17-20-38(21-18-36)24-26-13-11-25(12-14-26)22-28-15-16-29(34(42)43)23-30(28)45-2/h11-16,23,27,31-32,40H,3-10,17-22,24H2,1-2H3,(H,37,44)(H,42,43)/t31-,32-/m1/s1. The molecule has 45 heavy (non-hydrogen) atoms. The van der Waals surface area contributed by atoms with Crippen LogP contribution in [0.15, 0.2) is 42.5 Å². The summed E-state index contributed by atoms with van der Waals surface area (Å²) in [5, 5.41) is 23.6. The number of carbonyl (C=O) groups is 3. The highest BCUT2D eigenvalue weighted by atomic mass is 16.5. The zero-order valence-electron chi connectivity index (χ0n) is 26.8. The molecule has 1 saturated carbocycles. The molecule has 0 bridgehead atoms. The number of piperazine rings is 1. The molecule has 9 heteroatoms. The van der Waals surface area contributed by atoms with Crippen LogP contribution in [0.5, 0.6) is 5.75 Å². The summed E-state index contributed by atoms with van der Waals surface area (Å²) in [6.45, 7) is 4.79. The van der Waals surface area contributed by atoms with Crippen molar-refractivity contribution in [3.63, 3.8) is 0 Å². The van der Waals surface area contributed by atoms with Gasteiger partial charge in [0.2, 0.25) is 11.8 Å². The van der Waals surface area contributed by atoms with Gasteiger partial charge >= 0.3 is 5.97 Å². The summed E-state index contributed by atoms with van der Waals surface area (Å²) in [7, 11) is 1.55. The number of aromatic carboxylic acids is 1. The van der Waals surface area contributed by atoms with Gasteiger partial charge in [0.25, 0.3) is 0 Å². The Labute approximate surface area is 266 Å². The van der Waals surface area contributed by atoms with Crippen LogP contribution in [0.4, 0.5) is 0 Å². The zero-order valence-corrected chi connectivity index (χ0v) is 26.8. The van der Waals surface area contributed by atoms with Gasteiger partial charge < -0.3 is 25.2 Å². The molecular weight excluding hydrogens is 570 g/mol. The number of benzene rings is 2. The molecule has 1 aliphatic carbocycles. The zero-order chi connectivity index (χ0) is 32.0. The first kappa shape index (κ1) is 32.9. The average molecular weight is 620 g/mol. The van der Waals surface area contributed by atoms with Gasteiger partial charge in [-0.15, -0.1) is 0 Å². The molecule has 2 atom stereocenters. The van der Waals surface area contributed by atoms with Crippen LogP contribution in [0.1, 0.15) is 98.2 Å². The predicted molar refractivity (Wildman–Crippen MR) is 172 cm³/mol. The van der Waals surface area contributed by atoms with Crippen molar-refractivity contribution >= 4 is 17.8 Å². The number of nitrogens with one attached hydrogen (secondary N) is 1. The fourth-order valence-corrected chi connectivity index (χ4v) is 7.48. The molecule has 244 valence electrons. The molecular formula is C36H49N3O6. The van der Waals surface area contributed by atoms with E-state index in [9.17, 15) is 24.6 Å². The van der Waals surface area contributed by atoms with Crippen LogP contribution in [0.2, 0.25) is 0 Å². The number of piperidine rings is 1. The summed E-state index contributed by atoms with van der Waals surface area (Å²) in [5.74, 6) is -0.587. The van der Waals surface area contributed by atoms with Crippen LogP contribution >= 0.6 is 0 Å². The Morgan fingerprint density at radius 1 is 1.02 bits per heavy atom. The lowest BCUT2D eigenvalue weighted by Crippen LogP contribution is -2.75. The van der Waals surface area contributed by atoms with E-state index < -0.39 is 23.7 Å². The van der Waals surface area contributed by atoms with E-state index in [4.69, 9.17) is 4.74 Å². The maximum absolute atomic E-state index is 13.9. The number of carbonyl (C=O) groups excluding carboxylic acids is 2. The molecule has 2 amide bonds. The lowest BCUT2D eigenvalue weighted by molar-refractivity contribution is -0.165. The topological polar surface area (TPSA) is 119 Å². The summed E-state index contributed by atoms with van der Waals surface area (Å²) in [4.78, 5) is 43.3. The van der Waals surface area contributed by atoms with Gasteiger partial charge in [-0.3, -0.25) is 14.5 Å². The Bertz CT molecular complexity index is 1330. The Hall–Kier alpha value is -3.43. The van der Waals surface area contributed by atoms with Crippen molar-refractivity contribution in [3.05, 3.63) is 64.7 Å². The Balaban J connectivity index is 1.21. The van der Waals surface area contributed by atoms with Crippen LogP contribution in [0.3, 0.4) is 0 Å². The molecule has 2 aromatic carbocycles. The number of likely N-dealkylation sites (tertiary alicyclic amines) is 1. The molecule has 2 aromatic rings. The summed E-state index contributed by atoms with van der Waals surface area (Å²) in [6.07, 6.45) is 8.98. The number of amides is 2. The molecule has 2 heterocycles. The molecule has 3 fully saturated rings. The summed E-state index contributed by atoms with van der Waals surface area (Å²) >= 11 is 0. The third-order valence-corrected chi connectivity index (χ3v) is 10.3.